The van der Waals surface area contributed by atoms with Crippen LogP contribution < -0.4 is 5.32 Å². The molecule has 0 aromatic carbocycles. The third-order valence-electron chi connectivity index (χ3n) is 3.22. The van der Waals surface area contributed by atoms with E-state index in [1.54, 1.807) is 0 Å². The van der Waals surface area contributed by atoms with E-state index in [2.05, 4.69) is 19.2 Å². The highest BCUT2D eigenvalue weighted by atomic mass is 16.5. The molecule has 1 saturated heterocycles. The molecule has 1 rings (SSSR count). The molecule has 0 saturated carbocycles. The lowest BCUT2D eigenvalue weighted by molar-refractivity contribution is -0.143. The minimum Gasteiger partial charge on any atom is -0.466 e. The van der Waals surface area contributed by atoms with Crippen molar-refractivity contribution in [1.29, 1.82) is 0 Å². The molecule has 3 heteroatoms. The molecular formula is C13H25NO2. The molecule has 1 heterocycles. The zero-order chi connectivity index (χ0) is 12.0. The maximum atomic E-state index is 11.1. The number of rotatable bonds is 6. The van der Waals surface area contributed by atoms with Crippen molar-refractivity contribution in [1.82, 2.24) is 5.32 Å². The molecule has 0 aliphatic carbocycles. The van der Waals surface area contributed by atoms with Gasteiger partial charge in [0.25, 0.3) is 0 Å². The van der Waals surface area contributed by atoms with Crippen molar-refractivity contribution < 1.29 is 9.53 Å². The predicted molar refractivity (Wildman–Crippen MR) is 65.3 cm³/mol. The van der Waals surface area contributed by atoms with Gasteiger partial charge in [0.15, 0.2) is 0 Å². The van der Waals surface area contributed by atoms with Crippen LogP contribution in [0.15, 0.2) is 0 Å². The molecule has 0 radical (unpaired) electrons. The summed E-state index contributed by atoms with van der Waals surface area (Å²) in [5.74, 6) is 0.740. The highest BCUT2D eigenvalue weighted by molar-refractivity contribution is 5.69. The second kappa shape index (κ2) is 6.24. The Kier molecular flexibility index (Phi) is 5.26. The Morgan fingerprint density at radius 1 is 1.44 bits per heavy atom. The fraction of sp³-hybridized carbons (Fsp3) is 0.923. The Balaban J connectivity index is 2.02. The SMILES string of the molecule is CCOC(=O)CCCCC1CNC(C)(C)C1. The van der Waals surface area contributed by atoms with E-state index in [9.17, 15) is 4.79 Å². The van der Waals surface area contributed by atoms with E-state index in [0.717, 1.165) is 25.3 Å². The molecule has 94 valence electrons. The Morgan fingerprint density at radius 2 is 2.19 bits per heavy atom. The second-order valence-corrected chi connectivity index (χ2v) is 5.39. The number of esters is 1. The minimum atomic E-state index is -0.0487. The molecule has 1 unspecified atom stereocenters. The predicted octanol–water partition coefficient (Wildman–Crippen LogP) is 2.50. The summed E-state index contributed by atoms with van der Waals surface area (Å²) in [6.45, 7) is 7.99. The van der Waals surface area contributed by atoms with Crippen molar-refractivity contribution in [2.75, 3.05) is 13.2 Å². The van der Waals surface area contributed by atoms with Gasteiger partial charge in [-0.05, 0) is 52.5 Å². The normalized spacial score (nSPS) is 23.3. The molecule has 1 atom stereocenters. The standard InChI is InChI=1S/C13H25NO2/c1-4-16-12(15)8-6-5-7-11-9-13(2,3)14-10-11/h11,14H,4-10H2,1-3H3. The van der Waals surface area contributed by atoms with Crippen molar-refractivity contribution in [3.63, 3.8) is 0 Å². The molecule has 0 spiro atoms. The van der Waals surface area contributed by atoms with Crippen LogP contribution in [0.1, 0.15) is 52.9 Å². The van der Waals surface area contributed by atoms with Crippen LogP contribution in [0.2, 0.25) is 0 Å². The maximum absolute atomic E-state index is 11.1. The van der Waals surface area contributed by atoms with Gasteiger partial charge >= 0.3 is 5.97 Å². The van der Waals surface area contributed by atoms with Gasteiger partial charge in [0.1, 0.15) is 0 Å². The fourth-order valence-electron chi connectivity index (χ4n) is 2.43. The van der Waals surface area contributed by atoms with Crippen molar-refractivity contribution in [2.45, 2.75) is 58.4 Å². The number of unbranched alkanes of at least 4 members (excludes halogenated alkanes) is 1. The monoisotopic (exact) mass is 227 g/mol. The van der Waals surface area contributed by atoms with E-state index in [1.807, 2.05) is 6.92 Å². The van der Waals surface area contributed by atoms with Gasteiger partial charge < -0.3 is 10.1 Å². The molecular weight excluding hydrogens is 202 g/mol. The molecule has 1 aliphatic rings. The summed E-state index contributed by atoms with van der Waals surface area (Å²) in [6.07, 6.45) is 5.18. The zero-order valence-electron chi connectivity index (χ0n) is 10.8. The molecule has 3 nitrogen and oxygen atoms in total. The Hall–Kier alpha value is -0.570. The van der Waals surface area contributed by atoms with E-state index in [4.69, 9.17) is 4.74 Å². The van der Waals surface area contributed by atoms with E-state index < -0.39 is 0 Å². The van der Waals surface area contributed by atoms with E-state index in [1.165, 1.54) is 12.8 Å². The smallest absolute Gasteiger partial charge is 0.305 e. The summed E-state index contributed by atoms with van der Waals surface area (Å²) >= 11 is 0. The number of ether oxygens (including phenoxy) is 1. The molecule has 1 fully saturated rings. The Labute approximate surface area is 98.9 Å². The highest BCUT2D eigenvalue weighted by Crippen LogP contribution is 2.27. The lowest BCUT2D eigenvalue weighted by atomic mass is 9.93. The first-order valence-electron chi connectivity index (χ1n) is 6.44. The van der Waals surface area contributed by atoms with Gasteiger partial charge in [0, 0.05) is 12.0 Å². The van der Waals surface area contributed by atoms with Gasteiger partial charge in [-0.2, -0.15) is 0 Å². The lowest BCUT2D eigenvalue weighted by Crippen LogP contribution is -2.31. The average molecular weight is 227 g/mol. The molecule has 0 amide bonds. The van der Waals surface area contributed by atoms with Crippen molar-refractivity contribution in [3.8, 4) is 0 Å². The number of carbonyl (C=O) groups is 1. The molecule has 0 aromatic rings. The third-order valence-corrected chi connectivity index (χ3v) is 3.22. The summed E-state index contributed by atoms with van der Waals surface area (Å²) in [5, 5.41) is 3.52. The van der Waals surface area contributed by atoms with Gasteiger partial charge in [0.05, 0.1) is 6.61 Å². The molecule has 0 bridgehead atoms. The number of nitrogens with one attached hydrogen (secondary N) is 1. The molecule has 16 heavy (non-hydrogen) atoms. The van der Waals surface area contributed by atoms with E-state index in [-0.39, 0.29) is 5.97 Å². The number of hydrogen-bond donors (Lipinski definition) is 1. The van der Waals surface area contributed by atoms with Gasteiger partial charge in [-0.1, -0.05) is 6.42 Å². The summed E-state index contributed by atoms with van der Waals surface area (Å²) in [6, 6.07) is 0. The molecule has 1 N–H and O–H groups in total. The van der Waals surface area contributed by atoms with Crippen molar-refractivity contribution in [2.24, 2.45) is 5.92 Å². The first-order chi connectivity index (χ1) is 7.53. The van der Waals surface area contributed by atoms with Crippen LogP contribution in [0, 0.1) is 5.92 Å². The van der Waals surface area contributed by atoms with Crippen molar-refractivity contribution in [3.05, 3.63) is 0 Å². The Bertz CT molecular complexity index is 226. The summed E-state index contributed by atoms with van der Waals surface area (Å²) < 4.78 is 4.90. The highest BCUT2D eigenvalue weighted by Gasteiger charge is 2.29. The van der Waals surface area contributed by atoms with Crippen LogP contribution in [-0.2, 0) is 9.53 Å². The van der Waals surface area contributed by atoms with Crippen LogP contribution in [0.3, 0.4) is 0 Å². The molecule has 0 aromatic heterocycles. The zero-order valence-corrected chi connectivity index (χ0v) is 10.8. The van der Waals surface area contributed by atoms with Crippen LogP contribution in [0.25, 0.3) is 0 Å². The molecule has 1 aliphatic heterocycles. The van der Waals surface area contributed by atoms with Crippen LogP contribution in [0.4, 0.5) is 0 Å². The quantitative estimate of drug-likeness (QED) is 0.559. The van der Waals surface area contributed by atoms with Gasteiger partial charge in [0.2, 0.25) is 0 Å². The third kappa shape index (κ3) is 4.97. The van der Waals surface area contributed by atoms with E-state index in [0.29, 0.717) is 18.6 Å². The van der Waals surface area contributed by atoms with Gasteiger partial charge in [-0.3, -0.25) is 4.79 Å². The summed E-state index contributed by atoms with van der Waals surface area (Å²) in [7, 11) is 0. The Morgan fingerprint density at radius 3 is 2.75 bits per heavy atom. The first kappa shape index (κ1) is 13.5. The van der Waals surface area contributed by atoms with Crippen molar-refractivity contribution >= 4 is 5.97 Å². The average Bonchev–Trinajstić information content (AvgIpc) is 2.54. The number of carbonyl (C=O) groups excluding carboxylic acids is 1. The largest absolute Gasteiger partial charge is 0.466 e. The van der Waals surface area contributed by atoms with Crippen LogP contribution >= 0.6 is 0 Å². The minimum absolute atomic E-state index is 0.0487. The van der Waals surface area contributed by atoms with Gasteiger partial charge in [-0.25, -0.2) is 0 Å². The topological polar surface area (TPSA) is 38.3 Å². The first-order valence-corrected chi connectivity index (χ1v) is 6.44. The summed E-state index contributed by atoms with van der Waals surface area (Å²) in [5.41, 5.74) is 0.311. The maximum Gasteiger partial charge on any atom is 0.305 e. The van der Waals surface area contributed by atoms with Crippen LogP contribution in [-0.4, -0.2) is 24.7 Å². The van der Waals surface area contributed by atoms with Crippen LogP contribution in [0.5, 0.6) is 0 Å². The number of hydrogen-bond acceptors (Lipinski definition) is 3. The summed E-state index contributed by atoms with van der Waals surface area (Å²) in [4.78, 5) is 11.1. The lowest BCUT2D eigenvalue weighted by Gasteiger charge is -2.17. The van der Waals surface area contributed by atoms with E-state index >= 15 is 0 Å². The fourth-order valence-corrected chi connectivity index (χ4v) is 2.43. The van der Waals surface area contributed by atoms with Gasteiger partial charge in [-0.15, -0.1) is 0 Å². The second-order valence-electron chi connectivity index (χ2n) is 5.39.